The fraction of sp³-hybridized carbons (Fsp3) is 0. The van der Waals surface area contributed by atoms with Crippen LogP contribution in [0.1, 0.15) is 0 Å². The van der Waals surface area contributed by atoms with Gasteiger partial charge in [0, 0.05) is 18.0 Å². The van der Waals surface area contributed by atoms with Crippen molar-refractivity contribution in [3.05, 3.63) is 53.5 Å². The van der Waals surface area contributed by atoms with E-state index in [4.69, 9.17) is 0 Å². The van der Waals surface area contributed by atoms with Crippen molar-refractivity contribution in [1.82, 2.24) is 14.4 Å². The lowest BCUT2D eigenvalue weighted by atomic mass is 10.2. The Morgan fingerprint density at radius 3 is 2.69 bits per heavy atom. The molecule has 0 atom stereocenters. The van der Waals surface area contributed by atoms with Crippen LogP contribution in [0.3, 0.4) is 0 Å². The molecule has 0 unspecified atom stereocenters. The number of fused-ring (bicyclic) bond motifs is 1. The maximum absolute atomic E-state index is 4.43. The molecule has 0 spiro atoms. The van der Waals surface area contributed by atoms with E-state index >= 15 is 0 Å². The summed E-state index contributed by atoms with van der Waals surface area (Å²) in [6, 6.07) is 9.93. The van der Waals surface area contributed by atoms with Gasteiger partial charge in [-0.2, -0.15) is 0 Å². The number of pyridine rings is 2. The summed E-state index contributed by atoms with van der Waals surface area (Å²) >= 11 is 3.53. The van der Waals surface area contributed by atoms with Crippen LogP contribution < -0.4 is 0 Å². The van der Waals surface area contributed by atoms with Crippen molar-refractivity contribution in [3.63, 3.8) is 0 Å². The van der Waals surface area contributed by atoms with Gasteiger partial charge in [-0.05, 0) is 40.2 Å². The van der Waals surface area contributed by atoms with Gasteiger partial charge in [0.25, 0.3) is 0 Å². The molecule has 16 heavy (non-hydrogen) atoms. The standard InChI is InChI=1S/C12H8BrN3/c13-11-3-1-2-10-8-15-12(16(10)11)9-4-6-14-7-5-9/h1-8H. The lowest BCUT2D eigenvalue weighted by molar-refractivity contribution is 1.12. The highest BCUT2D eigenvalue weighted by molar-refractivity contribution is 9.10. The van der Waals surface area contributed by atoms with E-state index in [1.807, 2.05) is 36.5 Å². The number of aromatic nitrogens is 3. The van der Waals surface area contributed by atoms with Gasteiger partial charge in [0.05, 0.1) is 16.3 Å². The molecule has 3 aromatic rings. The molecule has 0 aromatic carbocycles. The fourth-order valence-electron chi connectivity index (χ4n) is 1.71. The Morgan fingerprint density at radius 2 is 1.88 bits per heavy atom. The summed E-state index contributed by atoms with van der Waals surface area (Å²) in [5, 5.41) is 0. The van der Waals surface area contributed by atoms with Gasteiger partial charge in [-0.15, -0.1) is 0 Å². The molecule has 78 valence electrons. The third-order valence-corrected chi connectivity index (χ3v) is 3.06. The smallest absolute Gasteiger partial charge is 0.145 e. The first kappa shape index (κ1) is 9.54. The first-order chi connectivity index (χ1) is 7.86. The molecule has 0 bridgehead atoms. The van der Waals surface area contributed by atoms with Gasteiger partial charge in [0.15, 0.2) is 0 Å². The topological polar surface area (TPSA) is 30.2 Å². The highest BCUT2D eigenvalue weighted by atomic mass is 79.9. The fourth-order valence-corrected chi connectivity index (χ4v) is 2.24. The minimum atomic E-state index is 0.921. The summed E-state index contributed by atoms with van der Waals surface area (Å²) in [6.07, 6.45) is 5.40. The molecule has 3 nitrogen and oxygen atoms in total. The van der Waals surface area contributed by atoms with Gasteiger partial charge in [0.1, 0.15) is 5.82 Å². The van der Waals surface area contributed by atoms with Crippen molar-refractivity contribution in [1.29, 1.82) is 0 Å². The minimum absolute atomic E-state index is 0.921. The van der Waals surface area contributed by atoms with Crippen molar-refractivity contribution < 1.29 is 0 Å². The molecule has 0 fully saturated rings. The second-order valence-corrected chi connectivity index (χ2v) is 4.24. The normalized spacial score (nSPS) is 10.8. The van der Waals surface area contributed by atoms with Gasteiger partial charge in [-0.3, -0.25) is 9.38 Å². The van der Waals surface area contributed by atoms with Gasteiger partial charge >= 0.3 is 0 Å². The number of halogens is 1. The Labute approximate surface area is 101 Å². The Kier molecular flexibility index (Phi) is 2.22. The molecule has 3 rings (SSSR count). The first-order valence-corrected chi connectivity index (χ1v) is 5.68. The number of rotatable bonds is 1. The highest BCUT2D eigenvalue weighted by Gasteiger charge is 2.07. The number of nitrogens with zero attached hydrogens (tertiary/aromatic N) is 3. The molecule has 0 radical (unpaired) electrons. The predicted octanol–water partition coefficient (Wildman–Crippen LogP) is 3.16. The van der Waals surface area contributed by atoms with Crippen molar-refractivity contribution >= 4 is 21.4 Å². The van der Waals surface area contributed by atoms with E-state index in [-0.39, 0.29) is 0 Å². The average Bonchev–Trinajstić information content (AvgIpc) is 2.75. The molecule has 0 saturated carbocycles. The molecule has 0 amide bonds. The van der Waals surface area contributed by atoms with Crippen molar-refractivity contribution in [3.8, 4) is 11.4 Å². The van der Waals surface area contributed by atoms with Crippen molar-refractivity contribution in [2.75, 3.05) is 0 Å². The number of imidazole rings is 1. The summed E-state index contributed by atoms with van der Waals surface area (Å²) in [6.45, 7) is 0. The monoisotopic (exact) mass is 273 g/mol. The Balaban J connectivity index is 2.33. The zero-order chi connectivity index (χ0) is 11.0. The van der Waals surface area contributed by atoms with Crippen LogP contribution in [0.25, 0.3) is 16.9 Å². The maximum atomic E-state index is 4.43. The van der Waals surface area contributed by atoms with E-state index in [1.54, 1.807) is 12.4 Å². The molecule has 0 N–H and O–H groups in total. The van der Waals surface area contributed by atoms with Crippen LogP contribution in [0.15, 0.2) is 53.5 Å². The van der Waals surface area contributed by atoms with Crippen LogP contribution in [0.2, 0.25) is 0 Å². The Morgan fingerprint density at radius 1 is 1.06 bits per heavy atom. The number of hydrogen-bond donors (Lipinski definition) is 0. The van der Waals surface area contributed by atoms with Crippen LogP contribution in [-0.4, -0.2) is 14.4 Å². The van der Waals surface area contributed by atoms with E-state index in [1.165, 1.54) is 0 Å². The second kappa shape index (κ2) is 3.72. The Bertz CT molecular complexity index is 631. The van der Waals surface area contributed by atoms with Gasteiger partial charge in [-0.1, -0.05) is 6.07 Å². The molecular formula is C12H8BrN3. The zero-order valence-corrected chi connectivity index (χ0v) is 9.92. The second-order valence-electron chi connectivity index (χ2n) is 3.43. The van der Waals surface area contributed by atoms with Crippen molar-refractivity contribution in [2.24, 2.45) is 0 Å². The van der Waals surface area contributed by atoms with Crippen LogP contribution >= 0.6 is 15.9 Å². The van der Waals surface area contributed by atoms with Gasteiger partial charge in [-0.25, -0.2) is 4.98 Å². The molecule has 3 aromatic heterocycles. The average molecular weight is 274 g/mol. The molecule has 3 heterocycles. The van der Waals surface area contributed by atoms with Crippen LogP contribution in [0.5, 0.6) is 0 Å². The van der Waals surface area contributed by atoms with Crippen molar-refractivity contribution in [2.45, 2.75) is 0 Å². The van der Waals surface area contributed by atoms with Crippen LogP contribution in [0, 0.1) is 0 Å². The lowest BCUT2D eigenvalue weighted by Crippen LogP contribution is -1.91. The number of hydrogen-bond acceptors (Lipinski definition) is 2. The lowest BCUT2D eigenvalue weighted by Gasteiger charge is -2.03. The van der Waals surface area contributed by atoms with Crippen LogP contribution in [-0.2, 0) is 0 Å². The molecule has 0 aliphatic rings. The SMILES string of the molecule is Brc1cccc2cnc(-c3ccncc3)n12. The van der Waals surface area contributed by atoms with Gasteiger partial charge < -0.3 is 0 Å². The molecule has 4 heteroatoms. The van der Waals surface area contributed by atoms with E-state index in [0.29, 0.717) is 0 Å². The van der Waals surface area contributed by atoms with E-state index in [0.717, 1.165) is 21.5 Å². The third-order valence-electron chi connectivity index (χ3n) is 2.44. The molecule has 0 aliphatic heterocycles. The summed E-state index contributed by atoms with van der Waals surface area (Å²) in [5.74, 6) is 0.921. The molecular weight excluding hydrogens is 266 g/mol. The quantitative estimate of drug-likeness (QED) is 0.638. The summed E-state index contributed by atoms with van der Waals surface area (Å²) in [5.41, 5.74) is 2.13. The van der Waals surface area contributed by atoms with E-state index in [2.05, 4.69) is 30.3 Å². The predicted molar refractivity (Wildman–Crippen MR) is 66.1 cm³/mol. The van der Waals surface area contributed by atoms with Crippen LogP contribution in [0.4, 0.5) is 0 Å². The first-order valence-electron chi connectivity index (χ1n) is 4.88. The summed E-state index contributed by atoms with van der Waals surface area (Å²) < 4.78 is 3.06. The minimum Gasteiger partial charge on any atom is -0.287 e. The van der Waals surface area contributed by atoms with E-state index in [9.17, 15) is 0 Å². The molecule has 0 aliphatic carbocycles. The Hall–Kier alpha value is -1.68. The third kappa shape index (κ3) is 1.42. The molecule has 0 saturated heterocycles. The highest BCUT2D eigenvalue weighted by Crippen LogP contribution is 2.23. The maximum Gasteiger partial charge on any atom is 0.145 e. The largest absolute Gasteiger partial charge is 0.287 e. The summed E-state index contributed by atoms with van der Waals surface area (Å²) in [7, 11) is 0. The zero-order valence-electron chi connectivity index (χ0n) is 8.34. The summed E-state index contributed by atoms with van der Waals surface area (Å²) in [4.78, 5) is 8.44. The van der Waals surface area contributed by atoms with Gasteiger partial charge in [0.2, 0.25) is 0 Å². The van der Waals surface area contributed by atoms with E-state index < -0.39 is 0 Å².